The predicted octanol–water partition coefficient (Wildman–Crippen LogP) is 2.92. The molecule has 0 bridgehead atoms. The number of hydrogen-bond acceptors (Lipinski definition) is 2. The molecule has 1 aromatic heterocycles. The van der Waals surface area contributed by atoms with Gasteiger partial charge >= 0.3 is 5.76 Å². The van der Waals surface area contributed by atoms with Gasteiger partial charge in [-0.25, -0.2) is 13.6 Å². The van der Waals surface area contributed by atoms with E-state index in [2.05, 4.69) is 0 Å². The SMILES string of the molecule is O=c1oc2cc(F)ccc2n1Cc1ccc(F)cc1. The normalized spacial score (nSPS) is 11.1. The maximum Gasteiger partial charge on any atom is 0.420 e. The monoisotopic (exact) mass is 261 g/mol. The van der Waals surface area contributed by atoms with Gasteiger partial charge in [0.05, 0.1) is 12.1 Å². The lowest BCUT2D eigenvalue weighted by atomic mass is 10.2. The van der Waals surface area contributed by atoms with Gasteiger partial charge in [-0.3, -0.25) is 4.57 Å². The number of fused-ring (bicyclic) bond motifs is 1. The molecule has 2 aromatic carbocycles. The fourth-order valence-corrected chi connectivity index (χ4v) is 1.96. The average Bonchev–Trinajstić information content (AvgIpc) is 2.68. The van der Waals surface area contributed by atoms with E-state index in [1.807, 2.05) is 0 Å². The van der Waals surface area contributed by atoms with Crippen molar-refractivity contribution in [1.29, 1.82) is 0 Å². The lowest BCUT2D eigenvalue weighted by Crippen LogP contribution is -2.14. The minimum atomic E-state index is -0.565. The van der Waals surface area contributed by atoms with Crippen LogP contribution in [0.15, 0.2) is 51.7 Å². The van der Waals surface area contributed by atoms with Crippen LogP contribution in [-0.2, 0) is 6.54 Å². The molecule has 0 saturated heterocycles. The molecule has 96 valence electrons. The van der Waals surface area contributed by atoms with Gasteiger partial charge in [0.1, 0.15) is 11.6 Å². The third-order valence-corrected chi connectivity index (χ3v) is 2.88. The topological polar surface area (TPSA) is 35.1 Å². The number of halogens is 2. The summed E-state index contributed by atoms with van der Waals surface area (Å²) in [5.41, 5.74) is 1.47. The van der Waals surface area contributed by atoms with E-state index >= 15 is 0 Å². The van der Waals surface area contributed by atoms with E-state index in [-0.39, 0.29) is 17.9 Å². The first-order valence-corrected chi connectivity index (χ1v) is 5.67. The molecule has 1 heterocycles. The Morgan fingerprint density at radius 3 is 2.42 bits per heavy atom. The first kappa shape index (κ1) is 11.6. The Labute approximate surface area is 106 Å². The Kier molecular flexibility index (Phi) is 2.67. The maximum absolute atomic E-state index is 13.0. The second-order valence-electron chi connectivity index (χ2n) is 4.19. The standard InChI is InChI=1S/C14H9F2NO2/c15-10-3-1-9(2-4-10)8-17-12-6-5-11(16)7-13(12)19-14(17)18/h1-7H,8H2. The third kappa shape index (κ3) is 2.14. The van der Waals surface area contributed by atoms with Crippen LogP contribution in [0.3, 0.4) is 0 Å². The highest BCUT2D eigenvalue weighted by Crippen LogP contribution is 2.15. The van der Waals surface area contributed by atoms with E-state index in [1.165, 1.54) is 28.8 Å². The highest BCUT2D eigenvalue weighted by molar-refractivity contribution is 5.72. The fraction of sp³-hybridized carbons (Fsp3) is 0.0714. The molecule has 0 fully saturated rings. The first-order chi connectivity index (χ1) is 9.13. The highest BCUT2D eigenvalue weighted by atomic mass is 19.1. The smallest absolute Gasteiger partial charge is 0.408 e. The molecular formula is C14H9F2NO2. The molecule has 0 spiro atoms. The number of nitrogens with zero attached hydrogens (tertiary/aromatic N) is 1. The van der Waals surface area contributed by atoms with Gasteiger partial charge < -0.3 is 4.42 Å². The van der Waals surface area contributed by atoms with Crippen LogP contribution in [0.1, 0.15) is 5.56 Å². The molecule has 0 radical (unpaired) electrons. The van der Waals surface area contributed by atoms with E-state index in [1.54, 1.807) is 12.1 Å². The molecule has 0 aliphatic heterocycles. The zero-order valence-corrected chi connectivity index (χ0v) is 9.77. The van der Waals surface area contributed by atoms with Crippen molar-refractivity contribution in [3.8, 4) is 0 Å². The van der Waals surface area contributed by atoms with Crippen molar-refractivity contribution in [3.63, 3.8) is 0 Å². The molecule has 0 amide bonds. The van der Waals surface area contributed by atoms with Gasteiger partial charge in [-0.05, 0) is 29.8 Å². The minimum Gasteiger partial charge on any atom is -0.408 e. The molecule has 3 rings (SSSR count). The van der Waals surface area contributed by atoms with E-state index in [4.69, 9.17) is 4.42 Å². The zero-order chi connectivity index (χ0) is 13.4. The largest absolute Gasteiger partial charge is 0.420 e. The molecule has 5 heteroatoms. The maximum atomic E-state index is 13.0. The lowest BCUT2D eigenvalue weighted by molar-refractivity contribution is 0.515. The van der Waals surface area contributed by atoms with Gasteiger partial charge in [-0.1, -0.05) is 12.1 Å². The van der Waals surface area contributed by atoms with Gasteiger partial charge in [-0.2, -0.15) is 0 Å². The Hall–Kier alpha value is -2.43. The molecule has 0 aliphatic carbocycles. The Bertz CT molecular complexity index is 787. The second kappa shape index (κ2) is 4.35. The summed E-state index contributed by atoms with van der Waals surface area (Å²) in [5.74, 6) is -1.37. The van der Waals surface area contributed by atoms with E-state index in [9.17, 15) is 13.6 Å². The summed E-state index contributed by atoms with van der Waals surface area (Å²) in [4.78, 5) is 11.7. The molecule has 0 unspecified atom stereocenters. The molecule has 0 aliphatic rings. The van der Waals surface area contributed by atoms with E-state index in [0.29, 0.717) is 5.52 Å². The lowest BCUT2D eigenvalue weighted by Gasteiger charge is -2.02. The molecule has 19 heavy (non-hydrogen) atoms. The minimum absolute atomic E-state index is 0.201. The summed E-state index contributed by atoms with van der Waals surface area (Å²) in [6.07, 6.45) is 0. The number of aromatic nitrogens is 1. The van der Waals surface area contributed by atoms with Gasteiger partial charge in [-0.15, -0.1) is 0 Å². The molecule has 0 atom stereocenters. The number of oxazole rings is 1. The highest BCUT2D eigenvalue weighted by Gasteiger charge is 2.10. The second-order valence-corrected chi connectivity index (χ2v) is 4.19. The molecule has 0 N–H and O–H groups in total. The number of benzene rings is 2. The first-order valence-electron chi connectivity index (χ1n) is 5.67. The van der Waals surface area contributed by atoms with Gasteiger partial charge in [0, 0.05) is 6.07 Å². The van der Waals surface area contributed by atoms with Crippen LogP contribution < -0.4 is 5.76 Å². The summed E-state index contributed by atoms with van der Waals surface area (Å²) in [6, 6.07) is 9.73. The van der Waals surface area contributed by atoms with Crippen molar-refractivity contribution in [3.05, 3.63) is 70.2 Å². The van der Waals surface area contributed by atoms with Gasteiger partial charge in [0.25, 0.3) is 0 Å². The Balaban J connectivity index is 2.07. The van der Waals surface area contributed by atoms with Crippen LogP contribution in [0.2, 0.25) is 0 Å². The Morgan fingerprint density at radius 2 is 1.68 bits per heavy atom. The summed E-state index contributed by atoms with van der Waals surface area (Å²) in [7, 11) is 0. The average molecular weight is 261 g/mol. The van der Waals surface area contributed by atoms with Crippen molar-refractivity contribution in [2.75, 3.05) is 0 Å². The third-order valence-electron chi connectivity index (χ3n) is 2.88. The molecule has 3 nitrogen and oxygen atoms in total. The summed E-state index contributed by atoms with van der Waals surface area (Å²) in [6.45, 7) is 0.248. The predicted molar refractivity (Wildman–Crippen MR) is 65.9 cm³/mol. The quantitative estimate of drug-likeness (QED) is 0.711. The fourth-order valence-electron chi connectivity index (χ4n) is 1.96. The van der Waals surface area contributed by atoms with Gasteiger partial charge in [0.2, 0.25) is 0 Å². The molecule has 0 saturated carbocycles. The van der Waals surface area contributed by atoms with Crippen LogP contribution in [0.4, 0.5) is 8.78 Å². The number of hydrogen-bond donors (Lipinski definition) is 0. The summed E-state index contributed by atoms with van der Waals surface area (Å²) >= 11 is 0. The van der Waals surface area contributed by atoms with Crippen LogP contribution in [0.5, 0.6) is 0 Å². The molecular weight excluding hydrogens is 252 g/mol. The van der Waals surface area contributed by atoms with Crippen LogP contribution in [-0.4, -0.2) is 4.57 Å². The summed E-state index contributed by atoms with van der Waals surface area (Å²) < 4.78 is 32.2. The van der Waals surface area contributed by atoms with Crippen molar-refractivity contribution in [2.24, 2.45) is 0 Å². The zero-order valence-electron chi connectivity index (χ0n) is 9.77. The Morgan fingerprint density at radius 1 is 1.00 bits per heavy atom. The van der Waals surface area contributed by atoms with Crippen LogP contribution in [0, 0.1) is 11.6 Å². The van der Waals surface area contributed by atoms with Crippen molar-refractivity contribution in [2.45, 2.75) is 6.54 Å². The van der Waals surface area contributed by atoms with Crippen LogP contribution in [0.25, 0.3) is 11.1 Å². The van der Waals surface area contributed by atoms with Gasteiger partial charge in [0.15, 0.2) is 5.58 Å². The van der Waals surface area contributed by atoms with Crippen molar-refractivity contribution >= 4 is 11.1 Å². The van der Waals surface area contributed by atoms with E-state index < -0.39 is 11.6 Å². The van der Waals surface area contributed by atoms with Crippen molar-refractivity contribution in [1.82, 2.24) is 4.57 Å². The number of rotatable bonds is 2. The van der Waals surface area contributed by atoms with Crippen LogP contribution >= 0.6 is 0 Å². The molecule has 3 aromatic rings. The summed E-state index contributed by atoms with van der Waals surface area (Å²) in [5, 5.41) is 0. The van der Waals surface area contributed by atoms with E-state index in [0.717, 1.165) is 11.6 Å². The van der Waals surface area contributed by atoms with Crippen molar-refractivity contribution < 1.29 is 13.2 Å².